The molecule has 6 heteroatoms. The van der Waals surface area contributed by atoms with E-state index in [0.29, 0.717) is 18.1 Å². The molecule has 0 aromatic heterocycles. The highest BCUT2D eigenvalue weighted by Gasteiger charge is 2.05. The van der Waals surface area contributed by atoms with Crippen molar-refractivity contribution in [2.75, 3.05) is 25.6 Å². The summed E-state index contributed by atoms with van der Waals surface area (Å²) < 4.78 is 26.9. The molecule has 1 atom stereocenters. The third-order valence-corrected chi connectivity index (χ3v) is 3.16. The van der Waals surface area contributed by atoms with E-state index in [1.54, 1.807) is 19.2 Å². The summed E-state index contributed by atoms with van der Waals surface area (Å²) in [5.41, 5.74) is 1.64. The number of rotatable bonds is 7. The van der Waals surface area contributed by atoms with Gasteiger partial charge in [-0.05, 0) is 23.6 Å². The van der Waals surface area contributed by atoms with Gasteiger partial charge in [-0.2, -0.15) is 0 Å². The van der Waals surface area contributed by atoms with Crippen molar-refractivity contribution in [1.29, 1.82) is 0 Å². The molecule has 102 valence electrons. The molecule has 18 heavy (non-hydrogen) atoms. The fraction of sp³-hybridized carbons (Fsp3) is 0.500. The zero-order valence-corrected chi connectivity index (χ0v) is 11.5. The van der Waals surface area contributed by atoms with Crippen molar-refractivity contribution in [2.24, 2.45) is 11.1 Å². The Labute approximate surface area is 108 Å². The molecule has 3 N–H and O–H groups in total. The summed E-state index contributed by atoms with van der Waals surface area (Å²) in [7, 11) is -1.78. The summed E-state index contributed by atoms with van der Waals surface area (Å²) in [6.45, 7) is 3.60. The lowest BCUT2D eigenvalue weighted by Gasteiger charge is -2.12. The molecule has 1 rings (SSSR count). The Morgan fingerprint density at radius 2 is 1.94 bits per heavy atom. The van der Waals surface area contributed by atoms with Gasteiger partial charge in [0, 0.05) is 19.3 Å². The second-order valence-corrected chi connectivity index (χ2v) is 6.06. The number of nitrogens with two attached hydrogens (primary N) is 1. The molecule has 1 aromatic rings. The van der Waals surface area contributed by atoms with Gasteiger partial charge in [0.05, 0.1) is 12.4 Å². The van der Waals surface area contributed by atoms with Crippen LogP contribution in [0, 0.1) is 5.92 Å². The lowest BCUT2D eigenvalue weighted by Crippen LogP contribution is -2.16. The van der Waals surface area contributed by atoms with Crippen LogP contribution in [-0.2, 0) is 20.5 Å². The number of sulfonamides is 1. The molecule has 0 heterocycles. The number of ether oxygens (including phenoxy) is 1. The van der Waals surface area contributed by atoms with Gasteiger partial charge in [0.15, 0.2) is 0 Å². The van der Waals surface area contributed by atoms with Crippen LogP contribution in [0.25, 0.3) is 0 Å². The third-order valence-electron chi connectivity index (χ3n) is 2.43. The minimum Gasteiger partial charge on any atom is -0.385 e. The molecule has 0 spiro atoms. The summed E-state index contributed by atoms with van der Waals surface area (Å²) in [4.78, 5) is 0. The lowest BCUT2D eigenvalue weighted by atomic mass is 10.2. The molecule has 5 nitrogen and oxygen atoms in total. The predicted octanol–water partition coefficient (Wildman–Crippen LogP) is 1.17. The van der Waals surface area contributed by atoms with E-state index in [9.17, 15) is 8.42 Å². The van der Waals surface area contributed by atoms with Crippen LogP contribution in [0.3, 0.4) is 0 Å². The lowest BCUT2D eigenvalue weighted by molar-refractivity contribution is 0.164. The van der Waals surface area contributed by atoms with Crippen molar-refractivity contribution >= 4 is 15.7 Å². The monoisotopic (exact) mass is 272 g/mol. The minimum absolute atomic E-state index is 0.132. The number of methoxy groups -OCH3 is 1. The average molecular weight is 272 g/mol. The molecular weight excluding hydrogens is 252 g/mol. The number of benzene rings is 1. The van der Waals surface area contributed by atoms with Gasteiger partial charge in [0.25, 0.3) is 0 Å². The van der Waals surface area contributed by atoms with Gasteiger partial charge in [0.1, 0.15) is 0 Å². The van der Waals surface area contributed by atoms with E-state index in [1.807, 2.05) is 12.1 Å². The van der Waals surface area contributed by atoms with Gasteiger partial charge in [-0.1, -0.05) is 19.1 Å². The smallest absolute Gasteiger partial charge is 0.213 e. The van der Waals surface area contributed by atoms with Crippen LogP contribution in [0.15, 0.2) is 24.3 Å². The highest BCUT2D eigenvalue weighted by molar-refractivity contribution is 7.88. The van der Waals surface area contributed by atoms with Crippen LogP contribution in [0.5, 0.6) is 0 Å². The Bertz CT molecular complexity index is 457. The van der Waals surface area contributed by atoms with E-state index in [-0.39, 0.29) is 5.75 Å². The van der Waals surface area contributed by atoms with Crippen LogP contribution in [0.1, 0.15) is 12.5 Å². The first-order valence-corrected chi connectivity index (χ1v) is 7.44. The van der Waals surface area contributed by atoms with E-state index < -0.39 is 10.0 Å². The fourth-order valence-electron chi connectivity index (χ4n) is 1.59. The van der Waals surface area contributed by atoms with E-state index in [1.165, 1.54) is 0 Å². The fourth-order valence-corrected chi connectivity index (χ4v) is 2.24. The van der Waals surface area contributed by atoms with E-state index in [0.717, 1.165) is 12.2 Å². The Morgan fingerprint density at radius 3 is 2.44 bits per heavy atom. The molecule has 0 aliphatic carbocycles. The first-order chi connectivity index (χ1) is 8.40. The van der Waals surface area contributed by atoms with Crippen molar-refractivity contribution in [3.8, 4) is 0 Å². The second kappa shape index (κ2) is 6.72. The van der Waals surface area contributed by atoms with E-state index >= 15 is 0 Å². The third kappa shape index (κ3) is 6.00. The maximum Gasteiger partial charge on any atom is 0.213 e. The Kier molecular flexibility index (Phi) is 5.58. The molecular formula is C12H20N2O3S. The largest absolute Gasteiger partial charge is 0.385 e. The van der Waals surface area contributed by atoms with Gasteiger partial charge in [-0.15, -0.1) is 0 Å². The zero-order chi connectivity index (χ0) is 13.6. The van der Waals surface area contributed by atoms with Crippen molar-refractivity contribution in [3.63, 3.8) is 0 Å². The van der Waals surface area contributed by atoms with Crippen LogP contribution in [0.4, 0.5) is 5.69 Å². The van der Waals surface area contributed by atoms with Gasteiger partial charge in [0.2, 0.25) is 10.0 Å². The summed E-state index contributed by atoms with van der Waals surface area (Å²) in [6, 6.07) is 7.21. The van der Waals surface area contributed by atoms with Crippen LogP contribution in [0.2, 0.25) is 0 Å². The quantitative estimate of drug-likeness (QED) is 0.780. The topological polar surface area (TPSA) is 81.4 Å². The number of nitrogens with one attached hydrogen (secondary N) is 1. The van der Waals surface area contributed by atoms with E-state index in [2.05, 4.69) is 12.2 Å². The zero-order valence-electron chi connectivity index (χ0n) is 10.7. The molecule has 0 saturated carbocycles. The molecule has 1 unspecified atom stereocenters. The molecule has 0 amide bonds. The summed E-state index contributed by atoms with van der Waals surface area (Å²) in [5, 5.41) is 8.24. The molecule has 0 aliphatic rings. The number of anilines is 1. The molecule has 0 radical (unpaired) electrons. The first kappa shape index (κ1) is 14.9. The van der Waals surface area contributed by atoms with E-state index in [4.69, 9.17) is 9.88 Å². The highest BCUT2D eigenvalue weighted by Crippen LogP contribution is 2.11. The SMILES string of the molecule is COCC(C)CNc1ccc(CS(N)(=O)=O)cc1. The second-order valence-electron chi connectivity index (χ2n) is 4.45. The number of primary sulfonamides is 1. The minimum atomic E-state index is -3.46. The number of hydrogen-bond donors (Lipinski definition) is 2. The van der Waals surface area contributed by atoms with Crippen molar-refractivity contribution in [3.05, 3.63) is 29.8 Å². The van der Waals surface area contributed by atoms with Crippen LogP contribution >= 0.6 is 0 Å². The maximum atomic E-state index is 10.9. The van der Waals surface area contributed by atoms with Gasteiger partial charge < -0.3 is 10.1 Å². The Balaban J connectivity index is 2.50. The van der Waals surface area contributed by atoms with Crippen LogP contribution in [-0.4, -0.2) is 28.7 Å². The predicted molar refractivity (Wildman–Crippen MR) is 72.8 cm³/mol. The highest BCUT2D eigenvalue weighted by atomic mass is 32.2. The van der Waals surface area contributed by atoms with Crippen molar-refractivity contribution in [2.45, 2.75) is 12.7 Å². The molecule has 0 bridgehead atoms. The maximum absolute atomic E-state index is 10.9. The Hall–Kier alpha value is -1.11. The first-order valence-electron chi connectivity index (χ1n) is 5.73. The summed E-state index contributed by atoms with van der Waals surface area (Å²) >= 11 is 0. The molecule has 0 saturated heterocycles. The van der Waals surface area contributed by atoms with Crippen molar-refractivity contribution in [1.82, 2.24) is 0 Å². The van der Waals surface area contributed by atoms with Gasteiger partial charge >= 0.3 is 0 Å². The average Bonchev–Trinajstić information content (AvgIpc) is 2.26. The Morgan fingerprint density at radius 1 is 1.33 bits per heavy atom. The molecule has 1 aromatic carbocycles. The van der Waals surface area contributed by atoms with Crippen LogP contribution < -0.4 is 10.5 Å². The molecule has 0 fully saturated rings. The standard InChI is InChI=1S/C12H20N2O3S/c1-10(8-17-2)7-14-12-5-3-11(4-6-12)9-18(13,15)16/h3-6,10,14H,7-9H2,1-2H3,(H2,13,15,16). The normalized spacial score (nSPS) is 13.3. The molecule has 0 aliphatic heterocycles. The van der Waals surface area contributed by atoms with Crippen molar-refractivity contribution < 1.29 is 13.2 Å². The van der Waals surface area contributed by atoms with Gasteiger partial charge in [-0.3, -0.25) is 0 Å². The summed E-state index contributed by atoms with van der Waals surface area (Å²) in [5.74, 6) is 0.284. The summed E-state index contributed by atoms with van der Waals surface area (Å²) in [6.07, 6.45) is 0. The number of hydrogen-bond acceptors (Lipinski definition) is 4. The van der Waals surface area contributed by atoms with Gasteiger partial charge in [-0.25, -0.2) is 13.6 Å².